The molecule has 0 amide bonds. The second kappa shape index (κ2) is 7.39. The summed E-state index contributed by atoms with van der Waals surface area (Å²) in [6, 6.07) is 21.7. The second-order valence-electron chi connectivity index (χ2n) is 5.86. The van der Waals surface area contributed by atoms with E-state index in [1.807, 2.05) is 0 Å². The summed E-state index contributed by atoms with van der Waals surface area (Å²) < 4.78 is 0.857. The fraction of sp³-hybridized carbons (Fsp3) is 0.368. The minimum atomic E-state index is 0.225. The topological polar surface area (TPSA) is 20.2 Å². The highest BCUT2D eigenvalue weighted by molar-refractivity contribution is 5.22. The lowest BCUT2D eigenvalue weighted by molar-refractivity contribution is -0.938. The lowest BCUT2D eigenvalue weighted by atomic mass is 9.95. The zero-order valence-corrected chi connectivity index (χ0v) is 13.1. The first kappa shape index (κ1) is 15.7. The maximum atomic E-state index is 9.48. The second-order valence-corrected chi connectivity index (χ2v) is 5.86. The van der Waals surface area contributed by atoms with Crippen molar-refractivity contribution >= 4 is 0 Å². The van der Waals surface area contributed by atoms with Gasteiger partial charge in [0.1, 0.15) is 12.6 Å². The van der Waals surface area contributed by atoms with Crippen molar-refractivity contribution in [2.45, 2.75) is 19.4 Å². The Balaban J connectivity index is 2.34. The Hall–Kier alpha value is -1.64. The van der Waals surface area contributed by atoms with Gasteiger partial charge in [-0.15, -0.1) is 0 Å². The molecule has 0 radical (unpaired) electrons. The molecule has 0 aromatic heterocycles. The summed E-state index contributed by atoms with van der Waals surface area (Å²) in [5.74, 6) is 0. The molecule has 0 fully saturated rings. The highest BCUT2D eigenvalue weighted by Crippen LogP contribution is 2.30. The Morgan fingerprint density at radius 3 is 2.05 bits per heavy atom. The number of nitrogens with zero attached hydrogens (tertiary/aromatic N) is 1. The SMILES string of the molecule is CC[N+](C)(CCO)[C@@H](Cc1ccccc1)c1ccccc1. The average Bonchev–Trinajstić information content (AvgIpc) is 2.54. The lowest BCUT2D eigenvalue weighted by Gasteiger charge is -2.41. The number of hydrogen-bond acceptors (Lipinski definition) is 1. The summed E-state index contributed by atoms with van der Waals surface area (Å²) in [6.07, 6.45) is 0.995. The van der Waals surface area contributed by atoms with E-state index in [-0.39, 0.29) is 6.61 Å². The lowest BCUT2D eigenvalue weighted by Crippen LogP contribution is -2.49. The highest BCUT2D eigenvalue weighted by Gasteiger charge is 2.32. The van der Waals surface area contributed by atoms with Crippen molar-refractivity contribution < 1.29 is 9.59 Å². The van der Waals surface area contributed by atoms with E-state index in [4.69, 9.17) is 0 Å². The third-order valence-corrected chi connectivity index (χ3v) is 4.54. The van der Waals surface area contributed by atoms with E-state index in [9.17, 15) is 5.11 Å². The van der Waals surface area contributed by atoms with Gasteiger partial charge in [0.05, 0.1) is 20.2 Å². The predicted molar refractivity (Wildman–Crippen MR) is 88.0 cm³/mol. The molecule has 2 aromatic carbocycles. The summed E-state index contributed by atoms with van der Waals surface area (Å²) in [6.45, 7) is 4.22. The number of quaternary nitrogens is 1. The van der Waals surface area contributed by atoms with E-state index in [2.05, 4.69) is 74.6 Å². The molecule has 2 atom stereocenters. The minimum Gasteiger partial charge on any atom is -0.391 e. The fourth-order valence-electron chi connectivity index (χ4n) is 2.97. The van der Waals surface area contributed by atoms with Gasteiger partial charge in [0.25, 0.3) is 0 Å². The van der Waals surface area contributed by atoms with Crippen LogP contribution in [-0.4, -0.2) is 36.3 Å². The Bertz CT molecular complexity index is 526. The summed E-state index contributed by atoms with van der Waals surface area (Å²) in [4.78, 5) is 0. The van der Waals surface area contributed by atoms with Crippen molar-refractivity contribution in [3.05, 3.63) is 71.8 Å². The molecule has 0 bridgehead atoms. The van der Waals surface area contributed by atoms with Crippen molar-refractivity contribution in [1.29, 1.82) is 0 Å². The molecule has 2 heteroatoms. The summed E-state index contributed by atoms with van der Waals surface area (Å²) in [7, 11) is 2.25. The van der Waals surface area contributed by atoms with Gasteiger partial charge in [-0.25, -0.2) is 0 Å². The standard InChI is InChI=1S/C19H26NO/c1-3-20(2,14-15-21)19(18-12-8-5-9-13-18)16-17-10-6-4-7-11-17/h4-13,19,21H,3,14-16H2,1-2H3/q+1/t19-,20?/m0/s1. The van der Waals surface area contributed by atoms with Gasteiger partial charge in [-0.1, -0.05) is 60.7 Å². The van der Waals surface area contributed by atoms with Crippen LogP contribution in [0.5, 0.6) is 0 Å². The van der Waals surface area contributed by atoms with Crippen LogP contribution >= 0.6 is 0 Å². The van der Waals surface area contributed by atoms with Gasteiger partial charge in [0, 0.05) is 12.0 Å². The first-order valence-corrected chi connectivity index (χ1v) is 7.73. The number of aliphatic hydroxyl groups excluding tert-OH is 1. The predicted octanol–water partition coefficient (Wildman–Crippen LogP) is 3.43. The van der Waals surface area contributed by atoms with Crippen molar-refractivity contribution in [2.24, 2.45) is 0 Å². The number of benzene rings is 2. The molecule has 2 aromatic rings. The van der Waals surface area contributed by atoms with Crippen LogP contribution < -0.4 is 0 Å². The van der Waals surface area contributed by atoms with Crippen molar-refractivity contribution in [2.75, 3.05) is 26.7 Å². The Morgan fingerprint density at radius 1 is 0.952 bits per heavy atom. The molecular weight excluding hydrogens is 258 g/mol. The van der Waals surface area contributed by atoms with Crippen LogP contribution in [0.2, 0.25) is 0 Å². The average molecular weight is 284 g/mol. The van der Waals surface area contributed by atoms with Crippen LogP contribution in [0.25, 0.3) is 0 Å². The van der Waals surface area contributed by atoms with Gasteiger partial charge in [-0.2, -0.15) is 0 Å². The number of aliphatic hydroxyl groups is 1. The number of rotatable bonds is 7. The van der Waals surface area contributed by atoms with Gasteiger partial charge in [-0.05, 0) is 12.5 Å². The first-order chi connectivity index (χ1) is 10.2. The van der Waals surface area contributed by atoms with Gasteiger partial charge in [0.2, 0.25) is 0 Å². The van der Waals surface area contributed by atoms with Crippen molar-refractivity contribution in [1.82, 2.24) is 0 Å². The largest absolute Gasteiger partial charge is 0.391 e. The van der Waals surface area contributed by atoms with Gasteiger partial charge >= 0.3 is 0 Å². The normalized spacial score (nSPS) is 15.4. The molecule has 21 heavy (non-hydrogen) atoms. The van der Waals surface area contributed by atoms with E-state index in [1.165, 1.54) is 11.1 Å². The van der Waals surface area contributed by atoms with E-state index in [0.29, 0.717) is 6.04 Å². The van der Waals surface area contributed by atoms with Crippen LogP contribution in [0.1, 0.15) is 24.1 Å². The van der Waals surface area contributed by atoms with Crippen molar-refractivity contribution in [3.8, 4) is 0 Å². The Morgan fingerprint density at radius 2 is 1.52 bits per heavy atom. The van der Waals surface area contributed by atoms with Gasteiger partial charge in [0.15, 0.2) is 0 Å². The molecule has 1 N–H and O–H groups in total. The van der Waals surface area contributed by atoms with E-state index in [0.717, 1.165) is 24.0 Å². The molecule has 0 spiro atoms. The van der Waals surface area contributed by atoms with Crippen LogP contribution in [0.15, 0.2) is 60.7 Å². The number of hydrogen-bond donors (Lipinski definition) is 1. The maximum Gasteiger partial charge on any atom is 0.119 e. The highest BCUT2D eigenvalue weighted by atomic mass is 16.3. The first-order valence-electron chi connectivity index (χ1n) is 7.73. The van der Waals surface area contributed by atoms with E-state index >= 15 is 0 Å². The third kappa shape index (κ3) is 3.93. The minimum absolute atomic E-state index is 0.225. The molecule has 2 nitrogen and oxygen atoms in total. The molecule has 0 aliphatic rings. The van der Waals surface area contributed by atoms with E-state index < -0.39 is 0 Å². The molecule has 0 aliphatic carbocycles. The molecule has 0 saturated heterocycles. The molecule has 112 valence electrons. The smallest absolute Gasteiger partial charge is 0.119 e. The zero-order valence-electron chi connectivity index (χ0n) is 13.1. The third-order valence-electron chi connectivity index (χ3n) is 4.54. The molecule has 0 heterocycles. The molecule has 0 saturated carbocycles. The molecular formula is C19H26NO+. The van der Waals surface area contributed by atoms with Crippen LogP contribution in [0, 0.1) is 0 Å². The molecule has 2 rings (SSSR count). The monoisotopic (exact) mass is 284 g/mol. The van der Waals surface area contributed by atoms with Crippen molar-refractivity contribution in [3.63, 3.8) is 0 Å². The van der Waals surface area contributed by atoms with Crippen LogP contribution in [0.4, 0.5) is 0 Å². The molecule has 1 unspecified atom stereocenters. The summed E-state index contributed by atoms with van der Waals surface area (Å²) in [5, 5.41) is 9.48. The number of likely N-dealkylation sites (N-methyl/N-ethyl adjacent to an activating group) is 1. The maximum absolute atomic E-state index is 9.48. The van der Waals surface area contributed by atoms with Crippen LogP contribution in [0.3, 0.4) is 0 Å². The quantitative estimate of drug-likeness (QED) is 0.772. The Labute approximate surface area is 128 Å². The van der Waals surface area contributed by atoms with Crippen LogP contribution in [-0.2, 0) is 6.42 Å². The Kier molecular flexibility index (Phi) is 5.54. The summed E-state index contributed by atoms with van der Waals surface area (Å²) in [5.41, 5.74) is 2.70. The zero-order chi connectivity index (χ0) is 15.1. The summed E-state index contributed by atoms with van der Waals surface area (Å²) >= 11 is 0. The fourth-order valence-corrected chi connectivity index (χ4v) is 2.97. The molecule has 0 aliphatic heterocycles. The van der Waals surface area contributed by atoms with E-state index in [1.54, 1.807) is 0 Å². The van der Waals surface area contributed by atoms with Gasteiger partial charge < -0.3 is 9.59 Å². The van der Waals surface area contributed by atoms with Gasteiger partial charge in [-0.3, -0.25) is 0 Å².